The lowest BCUT2D eigenvalue weighted by atomic mass is 9.97. The summed E-state index contributed by atoms with van der Waals surface area (Å²) < 4.78 is 0. The molecule has 0 spiro atoms. The number of rotatable bonds is 2. The van der Waals surface area contributed by atoms with Crippen molar-refractivity contribution in [1.82, 2.24) is 5.01 Å². The number of hydrazone groups is 1. The number of aryl methyl sites for hydroxylation is 1. The van der Waals surface area contributed by atoms with Crippen molar-refractivity contribution >= 4 is 23.2 Å². The molecule has 1 atom stereocenters. The quantitative estimate of drug-likeness (QED) is 0.876. The average Bonchev–Trinajstić information content (AvgIpc) is 2.86. The van der Waals surface area contributed by atoms with Crippen LogP contribution in [0, 0.1) is 6.92 Å². The van der Waals surface area contributed by atoms with Gasteiger partial charge in [-0.3, -0.25) is 4.79 Å². The number of carbonyl (C=O) groups is 1. The van der Waals surface area contributed by atoms with E-state index in [9.17, 15) is 15.0 Å². The summed E-state index contributed by atoms with van der Waals surface area (Å²) in [5.41, 5.74) is 0.194. The summed E-state index contributed by atoms with van der Waals surface area (Å²) in [4.78, 5) is 12.9. The molecule has 0 saturated heterocycles. The lowest BCUT2D eigenvalue weighted by Gasteiger charge is -2.31. The van der Waals surface area contributed by atoms with Crippen LogP contribution in [0.3, 0.4) is 0 Å². The maximum atomic E-state index is 12.9. The molecule has 1 aliphatic rings. The van der Waals surface area contributed by atoms with E-state index in [1.165, 1.54) is 6.07 Å². The van der Waals surface area contributed by atoms with E-state index in [-0.39, 0.29) is 17.7 Å². The van der Waals surface area contributed by atoms with Gasteiger partial charge in [-0.05, 0) is 37.6 Å². The van der Waals surface area contributed by atoms with Crippen molar-refractivity contribution in [2.75, 3.05) is 0 Å². The third kappa shape index (κ3) is 2.66. The first-order chi connectivity index (χ1) is 11.3. The number of hydrogen-bond donors (Lipinski definition) is 2. The van der Waals surface area contributed by atoms with Crippen molar-refractivity contribution < 1.29 is 15.0 Å². The predicted molar refractivity (Wildman–Crippen MR) is 92.1 cm³/mol. The van der Waals surface area contributed by atoms with Crippen molar-refractivity contribution in [3.8, 4) is 5.75 Å². The fourth-order valence-electron chi connectivity index (χ4n) is 2.82. The minimum Gasteiger partial charge on any atom is -0.507 e. The van der Waals surface area contributed by atoms with Crippen molar-refractivity contribution in [2.24, 2.45) is 5.10 Å². The summed E-state index contributed by atoms with van der Waals surface area (Å²) in [6.07, 6.45) is 0.187. The summed E-state index contributed by atoms with van der Waals surface area (Å²) in [5, 5.41) is 27.1. The number of aliphatic hydroxyl groups is 1. The van der Waals surface area contributed by atoms with Gasteiger partial charge in [-0.1, -0.05) is 35.9 Å². The van der Waals surface area contributed by atoms with Crippen LogP contribution in [0.5, 0.6) is 5.75 Å². The number of para-hydroxylation sites is 1. The van der Waals surface area contributed by atoms with Crippen LogP contribution in [0.2, 0.25) is 5.02 Å². The van der Waals surface area contributed by atoms with Crippen LogP contribution in [-0.2, 0) is 5.72 Å². The molecule has 0 aromatic heterocycles. The Morgan fingerprint density at radius 3 is 2.54 bits per heavy atom. The molecule has 2 aromatic rings. The van der Waals surface area contributed by atoms with Gasteiger partial charge in [0.2, 0.25) is 0 Å². The van der Waals surface area contributed by atoms with Gasteiger partial charge >= 0.3 is 0 Å². The number of phenolic OH excluding ortho intramolecular Hbond substituents is 1. The molecular weight excluding hydrogens is 328 g/mol. The topological polar surface area (TPSA) is 73.1 Å². The third-order valence-electron chi connectivity index (χ3n) is 4.09. The molecule has 3 rings (SSSR count). The van der Waals surface area contributed by atoms with Gasteiger partial charge in [0.25, 0.3) is 5.91 Å². The molecule has 0 saturated carbocycles. The number of amides is 1. The highest BCUT2D eigenvalue weighted by molar-refractivity contribution is 6.30. The molecule has 0 aliphatic carbocycles. The van der Waals surface area contributed by atoms with E-state index in [0.29, 0.717) is 21.9 Å². The Kier molecular flexibility index (Phi) is 4.07. The van der Waals surface area contributed by atoms with Gasteiger partial charge in [-0.15, -0.1) is 0 Å². The third-order valence-corrected chi connectivity index (χ3v) is 4.34. The van der Waals surface area contributed by atoms with Crippen molar-refractivity contribution in [2.45, 2.75) is 26.0 Å². The zero-order valence-corrected chi connectivity index (χ0v) is 14.1. The molecule has 1 unspecified atom stereocenters. The standard InChI is InChI=1S/C18H17ClN2O3/c1-11-4-3-5-15(16(11)22)17(23)21-18(24,10-12(2)20-21)13-6-8-14(19)9-7-13/h3-9,22,24H,10H2,1-2H3. The molecule has 0 fully saturated rings. The van der Waals surface area contributed by atoms with E-state index in [4.69, 9.17) is 11.6 Å². The Labute approximate surface area is 144 Å². The van der Waals surface area contributed by atoms with Gasteiger partial charge < -0.3 is 10.2 Å². The Balaban J connectivity index is 2.05. The fourth-order valence-corrected chi connectivity index (χ4v) is 2.95. The molecule has 0 bridgehead atoms. The second kappa shape index (κ2) is 5.92. The normalized spacial score (nSPS) is 20.2. The molecule has 1 heterocycles. The number of halogens is 1. The van der Waals surface area contributed by atoms with E-state index < -0.39 is 11.6 Å². The highest BCUT2D eigenvalue weighted by Crippen LogP contribution is 2.38. The van der Waals surface area contributed by atoms with E-state index in [2.05, 4.69) is 5.10 Å². The number of aromatic hydroxyl groups is 1. The van der Waals surface area contributed by atoms with Crippen LogP contribution in [0.1, 0.15) is 34.8 Å². The molecule has 2 aromatic carbocycles. The zero-order chi connectivity index (χ0) is 17.5. The fraction of sp³-hybridized carbons (Fsp3) is 0.222. The number of benzene rings is 2. The van der Waals surface area contributed by atoms with E-state index in [1.54, 1.807) is 50.2 Å². The highest BCUT2D eigenvalue weighted by atomic mass is 35.5. The molecule has 5 nitrogen and oxygen atoms in total. The Morgan fingerprint density at radius 1 is 1.21 bits per heavy atom. The summed E-state index contributed by atoms with van der Waals surface area (Å²) in [6.45, 7) is 3.44. The largest absolute Gasteiger partial charge is 0.507 e. The molecule has 0 radical (unpaired) electrons. The highest BCUT2D eigenvalue weighted by Gasteiger charge is 2.45. The van der Waals surface area contributed by atoms with Gasteiger partial charge in [0, 0.05) is 22.7 Å². The molecule has 1 aliphatic heterocycles. The van der Waals surface area contributed by atoms with Crippen LogP contribution in [0.4, 0.5) is 0 Å². The Morgan fingerprint density at radius 2 is 1.88 bits per heavy atom. The van der Waals surface area contributed by atoms with Gasteiger partial charge in [-0.2, -0.15) is 10.1 Å². The van der Waals surface area contributed by atoms with E-state index in [0.717, 1.165) is 5.01 Å². The predicted octanol–water partition coefficient (Wildman–Crippen LogP) is 3.42. The van der Waals surface area contributed by atoms with Gasteiger partial charge in [0.05, 0.1) is 5.56 Å². The first kappa shape index (κ1) is 16.5. The van der Waals surface area contributed by atoms with Crippen LogP contribution in [0.25, 0.3) is 0 Å². The van der Waals surface area contributed by atoms with Crippen molar-refractivity contribution in [1.29, 1.82) is 0 Å². The first-order valence-corrected chi connectivity index (χ1v) is 7.86. The van der Waals surface area contributed by atoms with Crippen LogP contribution in [-0.4, -0.2) is 26.8 Å². The number of hydrogen-bond acceptors (Lipinski definition) is 4. The van der Waals surface area contributed by atoms with E-state index >= 15 is 0 Å². The zero-order valence-electron chi connectivity index (χ0n) is 13.3. The average molecular weight is 345 g/mol. The molecule has 24 heavy (non-hydrogen) atoms. The Hall–Kier alpha value is -2.37. The smallest absolute Gasteiger partial charge is 0.280 e. The Bertz CT molecular complexity index is 833. The van der Waals surface area contributed by atoms with Crippen LogP contribution in [0.15, 0.2) is 47.6 Å². The summed E-state index contributed by atoms with van der Waals surface area (Å²) in [5.74, 6) is -0.675. The van der Waals surface area contributed by atoms with Crippen LogP contribution >= 0.6 is 11.6 Å². The lowest BCUT2D eigenvalue weighted by molar-refractivity contribution is -0.0766. The minimum atomic E-state index is -1.61. The minimum absolute atomic E-state index is 0.0980. The molecule has 2 N–H and O–H groups in total. The molecule has 124 valence electrons. The van der Waals surface area contributed by atoms with E-state index in [1.807, 2.05) is 0 Å². The maximum absolute atomic E-state index is 12.9. The van der Waals surface area contributed by atoms with Gasteiger partial charge in [-0.25, -0.2) is 0 Å². The molecule has 6 heteroatoms. The van der Waals surface area contributed by atoms with Gasteiger partial charge in [0.15, 0.2) is 5.72 Å². The number of carbonyl (C=O) groups excluding carboxylic acids is 1. The van der Waals surface area contributed by atoms with Gasteiger partial charge in [0.1, 0.15) is 5.75 Å². The summed E-state index contributed by atoms with van der Waals surface area (Å²) in [6, 6.07) is 11.5. The van der Waals surface area contributed by atoms with Crippen molar-refractivity contribution in [3.05, 3.63) is 64.2 Å². The lowest BCUT2D eigenvalue weighted by Crippen LogP contribution is -2.43. The van der Waals surface area contributed by atoms with Crippen LogP contribution < -0.4 is 0 Å². The monoisotopic (exact) mass is 344 g/mol. The molecular formula is C18H17ClN2O3. The van der Waals surface area contributed by atoms with Crippen molar-refractivity contribution in [3.63, 3.8) is 0 Å². The SMILES string of the molecule is CC1=NN(C(=O)c2cccc(C)c2O)C(O)(c2ccc(Cl)cc2)C1. The number of phenols is 1. The summed E-state index contributed by atoms with van der Waals surface area (Å²) >= 11 is 5.90. The maximum Gasteiger partial charge on any atom is 0.280 e. The first-order valence-electron chi connectivity index (χ1n) is 7.48. The number of nitrogens with zero attached hydrogens (tertiary/aromatic N) is 2. The second-order valence-electron chi connectivity index (χ2n) is 5.92. The molecule has 1 amide bonds. The second-order valence-corrected chi connectivity index (χ2v) is 6.36. The summed E-state index contributed by atoms with van der Waals surface area (Å²) in [7, 11) is 0.